The summed E-state index contributed by atoms with van der Waals surface area (Å²) in [5.41, 5.74) is 5.89. The first-order chi connectivity index (χ1) is 13.2. The summed E-state index contributed by atoms with van der Waals surface area (Å²) < 4.78 is 49.5. The van der Waals surface area contributed by atoms with E-state index < -0.39 is 20.0 Å². The lowest BCUT2D eigenvalue weighted by atomic mass is 10.1. The Bertz CT molecular complexity index is 793. The van der Waals surface area contributed by atoms with Crippen LogP contribution in [0.25, 0.3) is 0 Å². The Kier molecular flexibility index (Phi) is 13.5. The summed E-state index contributed by atoms with van der Waals surface area (Å²) in [5, 5.41) is 0. The molecule has 0 saturated heterocycles. The van der Waals surface area contributed by atoms with Crippen molar-refractivity contribution < 1.29 is 18.3 Å². The number of rotatable bonds is 11. The van der Waals surface area contributed by atoms with Crippen LogP contribution >= 0.6 is 0 Å². The van der Waals surface area contributed by atoms with E-state index in [2.05, 4.69) is 6.92 Å². The van der Waals surface area contributed by atoms with Crippen LogP contribution in [-0.2, 0) is 20.0 Å². The first kappa shape index (κ1) is 26.4. The average molecular weight is 433 g/mol. The molecule has 8 heteroatoms. The van der Waals surface area contributed by atoms with Crippen LogP contribution in [0.15, 0.2) is 53.5 Å². The van der Waals surface area contributed by atoms with Gasteiger partial charge in [-0.05, 0) is 44.5 Å². The minimum absolute atomic E-state index is 0. The number of hydrogen-bond donors (Lipinski definition) is 2. The van der Waals surface area contributed by atoms with Crippen molar-refractivity contribution in [2.75, 3.05) is 11.5 Å². The minimum Gasteiger partial charge on any atom is -0.399 e. The average Bonchev–Trinajstić information content (AvgIpc) is 2.63. The number of allylic oxidation sites excluding steroid dienone is 4. The highest BCUT2D eigenvalue weighted by Crippen LogP contribution is 2.13. The molecule has 0 saturated carbocycles. The van der Waals surface area contributed by atoms with Gasteiger partial charge in [0.25, 0.3) is 10.0 Å². The molecule has 0 aliphatic carbocycles. The van der Waals surface area contributed by atoms with Crippen LogP contribution in [0.1, 0.15) is 60.7 Å². The maximum atomic E-state index is 12.0. The van der Waals surface area contributed by atoms with Gasteiger partial charge >= 0.3 is 0 Å². The third kappa shape index (κ3) is 12.7. The smallest absolute Gasteiger partial charge is 0.253 e. The monoisotopic (exact) mass is 432 g/mol. The molecular weight excluding hydrogens is 396 g/mol. The fourth-order valence-electron chi connectivity index (χ4n) is 2.20. The van der Waals surface area contributed by atoms with Crippen LogP contribution in [0.3, 0.4) is 0 Å². The summed E-state index contributed by atoms with van der Waals surface area (Å²) in [4.78, 5) is -0.117. The molecule has 162 valence electrons. The Morgan fingerprint density at radius 1 is 0.893 bits per heavy atom. The summed E-state index contributed by atoms with van der Waals surface area (Å²) in [6, 6.07) is 5.37. The largest absolute Gasteiger partial charge is 0.399 e. The number of anilines is 1. The van der Waals surface area contributed by atoms with Gasteiger partial charge in [0, 0.05) is 7.11 Å². The molecule has 1 rings (SSSR count). The fourth-order valence-corrected chi connectivity index (χ4v) is 5.33. The maximum Gasteiger partial charge on any atom is 0.253 e. The zero-order chi connectivity index (χ0) is 21.5. The summed E-state index contributed by atoms with van der Waals surface area (Å²) in [6.07, 6.45) is 13.5. The number of sulfonamides is 2. The van der Waals surface area contributed by atoms with Crippen molar-refractivity contribution in [1.29, 1.82) is 0 Å². The Morgan fingerprint density at radius 3 is 1.89 bits per heavy atom. The van der Waals surface area contributed by atoms with E-state index in [0.717, 1.165) is 32.1 Å². The number of hydrogen-bond acceptors (Lipinski definition) is 5. The van der Waals surface area contributed by atoms with Crippen LogP contribution < -0.4 is 9.86 Å². The lowest BCUT2D eigenvalue weighted by molar-refractivity contribution is 0.570. The number of nitrogen functional groups attached to an aromatic ring is 1. The lowest BCUT2D eigenvalue weighted by Crippen LogP contribution is -2.32. The third-order valence-corrected chi connectivity index (χ3v) is 7.30. The molecule has 0 unspecified atom stereocenters. The van der Waals surface area contributed by atoms with Gasteiger partial charge < -0.3 is 5.73 Å². The highest BCUT2D eigenvalue weighted by molar-refractivity contribution is 8.04. The lowest BCUT2D eigenvalue weighted by Gasteiger charge is -2.08. The SMILES string of the molecule is C/C=C/C=C/C.CCCCCCCCS(=O)(=O)NS(=O)(=O)c1ccc(N)cc1.[HH]. The minimum atomic E-state index is -4.08. The van der Waals surface area contributed by atoms with Crippen LogP contribution in [0.2, 0.25) is 0 Å². The van der Waals surface area contributed by atoms with Crippen molar-refractivity contribution >= 4 is 25.7 Å². The molecule has 0 fully saturated rings. The van der Waals surface area contributed by atoms with Crippen molar-refractivity contribution in [1.82, 2.24) is 4.13 Å². The molecule has 0 radical (unpaired) electrons. The number of benzene rings is 1. The molecule has 3 N–H and O–H groups in total. The second-order valence-corrected chi connectivity index (χ2v) is 10.1. The van der Waals surface area contributed by atoms with Gasteiger partial charge in [-0.15, -0.1) is 4.13 Å². The summed E-state index contributed by atoms with van der Waals surface area (Å²) in [5.74, 6) is -0.187. The molecule has 28 heavy (non-hydrogen) atoms. The number of unbranched alkanes of at least 4 members (excludes halogenated alkanes) is 5. The highest BCUT2D eigenvalue weighted by atomic mass is 32.3. The number of nitrogens with two attached hydrogens (primary N) is 1. The predicted molar refractivity (Wildman–Crippen MR) is 120 cm³/mol. The first-order valence-corrected chi connectivity index (χ1v) is 12.7. The van der Waals surface area contributed by atoms with Crippen molar-refractivity contribution in [3.8, 4) is 0 Å². The molecule has 0 aliphatic heterocycles. The normalized spacial score (nSPS) is 12.2. The van der Waals surface area contributed by atoms with Crippen LogP contribution in [0, 0.1) is 0 Å². The van der Waals surface area contributed by atoms with E-state index in [0.29, 0.717) is 12.1 Å². The first-order valence-electron chi connectivity index (χ1n) is 9.54. The zero-order valence-electron chi connectivity index (χ0n) is 17.1. The second kappa shape index (κ2) is 14.4. The van der Waals surface area contributed by atoms with Crippen molar-refractivity contribution in [2.45, 2.75) is 64.2 Å². The Balaban J connectivity index is 0. The predicted octanol–water partition coefficient (Wildman–Crippen LogP) is 4.62. The van der Waals surface area contributed by atoms with E-state index in [1.165, 1.54) is 24.3 Å². The van der Waals surface area contributed by atoms with Gasteiger partial charge in [0.1, 0.15) is 0 Å². The number of nitrogens with one attached hydrogen (secondary N) is 1. The van der Waals surface area contributed by atoms with Gasteiger partial charge in [0.2, 0.25) is 10.0 Å². The molecule has 0 bridgehead atoms. The third-order valence-electron chi connectivity index (χ3n) is 3.69. The highest BCUT2D eigenvalue weighted by Gasteiger charge is 2.22. The van der Waals surface area contributed by atoms with E-state index in [1.54, 1.807) is 4.13 Å². The van der Waals surface area contributed by atoms with Gasteiger partial charge in [0.05, 0.1) is 10.6 Å². The van der Waals surface area contributed by atoms with Crippen LogP contribution in [0.5, 0.6) is 0 Å². The maximum absolute atomic E-state index is 12.0. The van der Waals surface area contributed by atoms with Gasteiger partial charge in [0.15, 0.2) is 0 Å². The molecule has 1 aromatic carbocycles. The molecule has 0 aromatic heterocycles. The Morgan fingerprint density at radius 2 is 1.39 bits per heavy atom. The van der Waals surface area contributed by atoms with Crippen molar-refractivity contribution in [3.05, 3.63) is 48.6 Å². The molecule has 1 aromatic rings. The molecular formula is C20H36N2O4S2. The van der Waals surface area contributed by atoms with E-state index in [9.17, 15) is 16.8 Å². The fraction of sp³-hybridized carbons (Fsp3) is 0.500. The van der Waals surface area contributed by atoms with Gasteiger partial charge in [-0.1, -0.05) is 63.3 Å². The summed E-state index contributed by atoms with van der Waals surface area (Å²) in [7, 11) is -7.94. The van der Waals surface area contributed by atoms with E-state index in [-0.39, 0.29) is 12.1 Å². The van der Waals surface area contributed by atoms with Gasteiger partial charge in [-0.2, -0.15) is 0 Å². The van der Waals surface area contributed by atoms with E-state index in [4.69, 9.17) is 5.73 Å². The Labute approximate surface area is 172 Å². The van der Waals surface area contributed by atoms with Crippen molar-refractivity contribution in [3.63, 3.8) is 0 Å². The van der Waals surface area contributed by atoms with Crippen molar-refractivity contribution in [2.24, 2.45) is 0 Å². The molecule has 0 atom stereocenters. The summed E-state index contributed by atoms with van der Waals surface area (Å²) >= 11 is 0. The topological polar surface area (TPSA) is 106 Å². The zero-order valence-corrected chi connectivity index (χ0v) is 18.7. The van der Waals surface area contributed by atoms with Crippen LogP contribution in [-0.4, -0.2) is 22.6 Å². The Hall–Kier alpha value is -1.64. The summed E-state index contributed by atoms with van der Waals surface area (Å²) in [6.45, 7) is 6.11. The second-order valence-electron chi connectivity index (χ2n) is 6.29. The molecule has 0 amide bonds. The molecule has 6 nitrogen and oxygen atoms in total. The van der Waals surface area contributed by atoms with E-state index >= 15 is 0 Å². The van der Waals surface area contributed by atoms with Crippen LogP contribution in [0.4, 0.5) is 5.69 Å². The molecule has 0 heterocycles. The molecule has 0 aliphatic rings. The van der Waals surface area contributed by atoms with Gasteiger partial charge in [-0.25, -0.2) is 16.8 Å². The van der Waals surface area contributed by atoms with E-state index in [1.807, 2.05) is 38.2 Å². The quantitative estimate of drug-likeness (QED) is 0.301. The van der Waals surface area contributed by atoms with Gasteiger partial charge in [-0.3, -0.25) is 0 Å². The molecule has 0 spiro atoms. The standard InChI is InChI=1S/C14H24N2O4S2.C6H10.H2/c1-2-3-4-5-6-7-12-21(17,18)16-22(19,20)14-10-8-13(15)9-11-14;1-3-5-6-4-2;/h8-11,16H,2-7,12,15H2,1H3;3-6H,1-2H3;1H/b;5-3+,6-4+;.